The van der Waals surface area contributed by atoms with Gasteiger partial charge in [0.1, 0.15) is 14.1 Å². The van der Waals surface area contributed by atoms with E-state index in [-0.39, 0.29) is 19.8 Å². The van der Waals surface area contributed by atoms with E-state index in [0.717, 1.165) is 31.4 Å². The van der Waals surface area contributed by atoms with Crippen LogP contribution >= 0.6 is 22.9 Å². The van der Waals surface area contributed by atoms with Crippen molar-refractivity contribution in [2.45, 2.75) is 22.6 Å². The molecular formula is C23H18ClF6N5O5S2. The third-order valence-electron chi connectivity index (χ3n) is 6.00. The number of halogens is 7. The van der Waals surface area contributed by atoms with Crippen LogP contribution < -0.4 is 5.32 Å². The van der Waals surface area contributed by atoms with Crippen molar-refractivity contribution < 1.29 is 49.8 Å². The number of nitrogens with one attached hydrogen (secondary N) is 1. The topological polar surface area (TPSA) is 137 Å². The van der Waals surface area contributed by atoms with Gasteiger partial charge < -0.3 is 15.5 Å². The van der Waals surface area contributed by atoms with E-state index in [4.69, 9.17) is 11.6 Å². The number of carbonyl (C=O) groups excluding carboxylic acids is 1. The Hall–Kier alpha value is -3.29. The van der Waals surface area contributed by atoms with Gasteiger partial charge in [0, 0.05) is 12.6 Å². The largest absolute Gasteiger partial charge is 0.433 e. The van der Waals surface area contributed by atoms with E-state index in [1.165, 1.54) is 0 Å². The van der Waals surface area contributed by atoms with Gasteiger partial charge in [0.15, 0.2) is 11.3 Å². The number of hydrogen-bond acceptors (Lipinski definition) is 8. The Kier molecular flexibility index (Phi) is 8.60. The first kappa shape index (κ1) is 31.6. The first-order valence-corrected chi connectivity index (χ1v) is 14.1. The maximum absolute atomic E-state index is 13.9. The maximum atomic E-state index is 13.9. The number of likely N-dealkylation sites (N-methyl/N-ethyl adjacent to an activating group) is 1. The van der Waals surface area contributed by atoms with Crippen LogP contribution in [0.5, 0.6) is 0 Å². The van der Waals surface area contributed by atoms with Crippen LogP contribution in [0.3, 0.4) is 0 Å². The van der Waals surface area contributed by atoms with Crippen molar-refractivity contribution in [1.29, 1.82) is 0 Å². The summed E-state index contributed by atoms with van der Waals surface area (Å²) in [7, 11) is -3.18. The zero-order valence-electron chi connectivity index (χ0n) is 20.9. The quantitative estimate of drug-likeness (QED) is 0.239. The highest BCUT2D eigenvalue weighted by atomic mass is 35.5. The van der Waals surface area contributed by atoms with E-state index < -0.39 is 75.7 Å². The van der Waals surface area contributed by atoms with Crippen molar-refractivity contribution in [3.8, 4) is 11.3 Å². The summed E-state index contributed by atoms with van der Waals surface area (Å²) in [5, 5.41) is 24.5. The molecule has 42 heavy (non-hydrogen) atoms. The number of nitrogens with zero attached hydrogens (tertiary/aromatic N) is 4. The van der Waals surface area contributed by atoms with Crippen LogP contribution in [0.25, 0.3) is 16.9 Å². The molecule has 1 amide bonds. The van der Waals surface area contributed by atoms with E-state index in [2.05, 4.69) is 15.4 Å². The predicted molar refractivity (Wildman–Crippen MR) is 139 cm³/mol. The highest BCUT2D eigenvalue weighted by Gasteiger charge is 2.37. The molecule has 0 aliphatic rings. The number of anilines is 1. The van der Waals surface area contributed by atoms with Gasteiger partial charge in [-0.1, -0.05) is 23.7 Å². The Morgan fingerprint density at radius 2 is 1.71 bits per heavy atom. The summed E-state index contributed by atoms with van der Waals surface area (Å²) in [5.41, 5.74) is -4.20. The minimum absolute atomic E-state index is 0.104. The molecule has 3 N–H and O–H groups in total. The number of thiophene rings is 1. The van der Waals surface area contributed by atoms with E-state index in [0.29, 0.717) is 38.4 Å². The number of amides is 1. The van der Waals surface area contributed by atoms with Crippen molar-refractivity contribution in [3.05, 3.63) is 63.8 Å². The van der Waals surface area contributed by atoms with Crippen LogP contribution in [0, 0.1) is 0 Å². The zero-order chi connectivity index (χ0) is 31.2. The number of aliphatic hydroxyl groups is 2. The molecule has 10 nitrogen and oxygen atoms in total. The number of rotatable bonds is 8. The third kappa shape index (κ3) is 6.09. The molecule has 226 valence electrons. The molecule has 0 atom stereocenters. The van der Waals surface area contributed by atoms with Crippen LogP contribution in [0.4, 0.5) is 32.0 Å². The lowest BCUT2D eigenvalue weighted by Gasteiger charge is -2.23. The smallest absolute Gasteiger partial charge is 0.395 e. The number of hydrogen-bond donors (Lipinski definition) is 3. The van der Waals surface area contributed by atoms with E-state index in [9.17, 15) is 49.8 Å². The number of sulfonamides is 1. The van der Waals surface area contributed by atoms with Gasteiger partial charge in [-0.25, -0.2) is 17.9 Å². The van der Waals surface area contributed by atoms with Gasteiger partial charge in [-0.05, 0) is 24.3 Å². The minimum Gasteiger partial charge on any atom is -0.395 e. The summed E-state index contributed by atoms with van der Waals surface area (Å²) < 4.78 is 107. The fourth-order valence-electron chi connectivity index (χ4n) is 3.68. The molecule has 0 spiro atoms. The SMILES string of the molecule is CN(C(CO)CO)S(=O)(=O)c1cc(NC(=O)c2cnn3c(C(F)(F)F)cc(-c4ccc(C(F)(F)F)cc4)nc23)c(Cl)s1. The number of aromatic nitrogens is 3. The number of benzene rings is 1. The maximum Gasteiger partial charge on any atom is 0.433 e. The molecule has 0 saturated carbocycles. The molecule has 0 aliphatic heterocycles. The monoisotopic (exact) mass is 657 g/mol. The Morgan fingerprint density at radius 3 is 2.26 bits per heavy atom. The highest BCUT2D eigenvalue weighted by Crippen LogP contribution is 2.38. The van der Waals surface area contributed by atoms with Crippen molar-refractivity contribution in [3.63, 3.8) is 0 Å². The Balaban J connectivity index is 1.73. The Bertz CT molecular complexity index is 1740. The molecule has 0 saturated heterocycles. The summed E-state index contributed by atoms with van der Waals surface area (Å²) in [6, 6.07) is 3.59. The van der Waals surface area contributed by atoms with E-state index in [1.807, 2.05) is 0 Å². The molecule has 0 fully saturated rings. The lowest BCUT2D eigenvalue weighted by Crippen LogP contribution is -2.41. The van der Waals surface area contributed by atoms with Gasteiger partial charge in [0.2, 0.25) is 0 Å². The van der Waals surface area contributed by atoms with Crippen molar-refractivity contribution >= 4 is 50.2 Å². The van der Waals surface area contributed by atoms with Gasteiger partial charge in [-0.2, -0.15) is 35.7 Å². The molecule has 19 heteroatoms. The fraction of sp³-hybridized carbons (Fsp3) is 0.261. The van der Waals surface area contributed by atoms with Crippen LogP contribution in [-0.2, 0) is 22.4 Å². The standard InChI is InChI=1S/C23H18ClF6N5O5S2/c1-34(13(9-36)10-37)42(39,40)18-7-16(19(24)41-18)33-21(38)14-8-31-35-17(23(28,29)30)6-15(32-20(14)35)11-2-4-12(5-3-11)22(25,26)27/h2-8,13,36-37H,9-10H2,1H3,(H,33,38). The number of carbonyl (C=O) groups is 1. The van der Waals surface area contributed by atoms with E-state index in [1.54, 1.807) is 0 Å². The average Bonchev–Trinajstić information content (AvgIpc) is 3.51. The lowest BCUT2D eigenvalue weighted by atomic mass is 10.1. The summed E-state index contributed by atoms with van der Waals surface area (Å²) in [6.07, 6.45) is -8.91. The molecule has 3 aromatic heterocycles. The summed E-state index contributed by atoms with van der Waals surface area (Å²) in [6.45, 7) is -1.38. The van der Waals surface area contributed by atoms with Gasteiger partial charge in [0.25, 0.3) is 15.9 Å². The van der Waals surface area contributed by atoms with Crippen LogP contribution in [-0.4, -0.2) is 69.7 Å². The normalized spacial score (nSPS) is 13.0. The molecule has 0 radical (unpaired) electrons. The number of aliphatic hydroxyl groups excluding tert-OH is 2. The summed E-state index contributed by atoms with van der Waals surface area (Å²) in [5.74, 6) is -1.07. The van der Waals surface area contributed by atoms with Gasteiger partial charge in [-0.3, -0.25) is 4.79 Å². The van der Waals surface area contributed by atoms with Crippen LogP contribution in [0.15, 0.2) is 46.8 Å². The highest BCUT2D eigenvalue weighted by molar-refractivity contribution is 7.91. The fourth-order valence-corrected chi connectivity index (χ4v) is 6.84. The van der Waals surface area contributed by atoms with Crippen molar-refractivity contribution in [2.75, 3.05) is 25.6 Å². The zero-order valence-corrected chi connectivity index (χ0v) is 23.3. The second-order valence-corrected chi connectivity index (χ2v) is 12.5. The molecule has 4 aromatic rings. The third-order valence-corrected chi connectivity index (χ3v) is 9.71. The molecule has 1 aromatic carbocycles. The van der Waals surface area contributed by atoms with Gasteiger partial charge >= 0.3 is 12.4 Å². The average molecular weight is 658 g/mol. The van der Waals surface area contributed by atoms with Gasteiger partial charge in [-0.15, -0.1) is 11.3 Å². The number of alkyl halides is 6. The molecule has 3 heterocycles. The predicted octanol–water partition coefficient (Wildman–Crippen LogP) is 4.37. The second kappa shape index (κ2) is 11.4. The first-order valence-electron chi connectivity index (χ1n) is 11.4. The van der Waals surface area contributed by atoms with Crippen LogP contribution in [0.2, 0.25) is 4.34 Å². The molecule has 0 unspecified atom stereocenters. The Morgan fingerprint density at radius 1 is 1.10 bits per heavy atom. The second-order valence-electron chi connectivity index (χ2n) is 8.64. The van der Waals surface area contributed by atoms with Gasteiger partial charge in [0.05, 0.1) is 42.4 Å². The molecular weight excluding hydrogens is 640 g/mol. The molecule has 4 rings (SSSR count). The Labute approximate surface area is 241 Å². The van der Waals surface area contributed by atoms with E-state index >= 15 is 0 Å². The first-order chi connectivity index (χ1) is 19.5. The van der Waals surface area contributed by atoms with Crippen molar-refractivity contribution in [1.82, 2.24) is 18.9 Å². The lowest BCUT2D eigenvalue weighted by molar-refractivity contribution is -0.142. The minimum atomic E-state index is -5.01. The molecule has 0 bridgehead atoms. The number of fused-ring (bicyclic) bond motifs is 1. The van der Waals surface area contributed by atoms with Crippen molar-refractivity contribution in [2.24, 2.45) is 0 Å². The molecule has 0 aliphatic carbocycles. The summed E-state index contributed by atoms with van der Waals surface area (Å²) in [4.78, 5) is 17.1. The van der Waals surface area contributed by atoms with Crippen LogP contribution in [0.1, 0.15) is 21.6 Å². The summed E-state index contributed by atoms with van der Waals surface area (Å²) >= 11 is 6.65.